The molecular weight excluding hydrogens is 518 g/mol. The van der Waals surface area contributed by atoms with Crippen LogP contribution in [0.15, 0.2) is 36.0 Å². The number of hydrogen-bond donors (Lipinski definition) is 1. The Bertz CT molecular complexity index is 962. The van der Waals surface area contributed by atoms with Crippen molar-refractivity contribution in [2.75, 3.05) is 40.0 Å². The van der Waals surface area contributed by atoms with Gasteiger partial charge in [0.15, 0.2) is 13.6 Å². The molecule has 1 aromatic rings. The first-order chi connectivity index (χ1) is 18.3. The Morgan fingerprint density at radius 2 is 1.79 bits per heavy atom. The van der Waals surface area contributed by atoms with Crippen LogP contribution in [0.2, 0.25) is 5.02 Å². The van der Waals surface area contributed by atoms with Gasteiger partial charge in [0.1, 0.15) is 17.1 Å². The molecule has 212 valence electrons. The van der Waals surface area contributed by atoms with Gasteiger partial charge in [0.2, 0.25) is 6.61 Å². The number of aliphatic carboxylic acids is 1. The van der Waals surface area contributed by atoms with Crippen LogP contribution in [0, 0.1) is 5.92 Å². The van der Waals surface area contributed by atoms with Gasteiger partial charge in [-0.3, -0.25) is 0 Å². The Labute approximate surface area is 229 Å². The van der Waals surface area contributed by atoms with E-state index in [-0.39, 0.29) is 54.6 Å². The number of carbonyl (C=O) groups is 2. The molecule has 0 spiro atoms. The molecule has 0 heterocycles. The van der Waals surface area contributed by atoms with Crippen LogP contribution in [0.1, 0.15) is 56.5 Å². The van der Waals surface area contributed by atoms with Crippen molar-refractivity contribution in [3.63, 3.8) is 0 Å². The first kappa shape index (κ1) is 32.9. The Balaban J connectivity index is 3.63. The molecule has 0 amide bonds. The summed E-state index contributed by atoms with van der Waals surface area (Å²) in [5, 5.41) is 13.1. The van der Waals surface area contributed by atoms with Crippen molar-refractivity contribution < 1.29 is 43.2 Å². The van der Waals surface area contributed by atoms with Gasteiger partial charge in [-0.25, -0.2) is 9.59 Å². The van der Waals surface area contributed by atoms with E-state index in [0.717, 1.165) is 0 Å². The molecule has 10 nitrogen and oxygen atoms in total. The van der Waals surface area contributed by atoms with E-state index in [4.69, 9.17) is 45.2 Å². The van der Waals surface area contributed by atoms with Gasteiger partial charge in [0, 0.05) is 25.7 Å². The van der Waals surface area contributed by atoms with Crippen LogP contribution in [-0.4, -0.2) is 62.8 Å². The van der Waals surface area contributed by atoms with Crippen LogP contribution in [0.5, 0.6) is 11.5 Å². The number of hydrogen-bond acceptors (Lipinski definition) is 9. The summed E-state index contributed by atoms with van der Waals surface area (Å²) in [6.45, 7) is 11.4. The summed E-state index contributed by atoms with van der Waals surface area (Å²) in [6.07, 6.45) is 6.57. The molecule has 0 saturated carbocycles. The number of allylic oxidation sites excluding steroid dienone is 3. The summed E-state index contributed by atoms with van der Waals surface area (Å²) in [7, 11) is 0. The molecule has 0 radical (unpaired) electrons. The quantitative estimate of drug-likeness (QED) is 0.0561. The monoisotopic (exact) mass is 555 g/mol. The minimum atomic E-state index is -1.18. The molecule has 0 aliphatic carbocycles. The van der Waals surface area contributed by atoms with E-state index < -0.39 is 18.5 Å². The molecular formula is C27H38ClNO9. The highest BCUT2D eigenvalue weighted by atomic mass is 35.5. The maximum atomic E-state index is 13.2. The van der Waals surface area contributed by atoms with Gasteiger partial charge in [-0.15, -0.1) is 6.58 Å². The molecule has 0 fully saturated rings. The standard InChI is InChI=1S/C27H38ClNO9/c1-6-13-35-27(32)25-21(14-20(29-38-16-24(30)31)12-10-11-19(5)7-2)26(28)23(37-18-34-9-4)15-22(25)36-17-33-8-3/h7,10,12,15,19H,2,6,8-9,11,13-14,16-18H2,1,3-5H3,(H,30,31)/b12-10+,29-20+. The Morgan fingerprint density at radius 3 is 2.37 bits per heavy atom. The van der Waals surface area contributed by atoms with E-state index in [9.17, 15) is 9.59 Å². The molecule has 1 rings (SSSR count). The van der Waals surface area contributed by atoms with Crippen molar-refractivity contribution in [3.8, 4) is 11.5 Å². The lowest BCUT2D eigenvalue weighted by atomic mass is 9.99. The van der Waals surface area contributed by atoms with E-state index in [0.29, 0.717) is 37.3 Å². The predicted octanol–water partition coefficient (Wildman–Crippen LogP) is 5.42. The first-order valence-corrected chi connectivity index (χ1v) is 12.8. The lowest BCUT2D eigenvalue weighted by Gasteiger charge is -2.19. The molecule has 0 aromatic heterocycles. The van der Waals surface area contributed by atoms with Gasteiger partial charge < -0.3 is 33.6 Å². The lowest BCUT2D eigenvalue weighted by molar-refractivity contribution is -0.142. The highest BCUT2D eigenvalue weighted by Gasteiger charge is 2.26. The third-order valence-electron chi connectivity index (χ3n) is 4.89. The summed E-state index contributed by atoms with van der Waals surface area (Å²) >= 11 is 6.74. The number of carboxylic acids is 1. The third-order valence-corrected chi connectivity index (χ3v) is 5.30. The normalized spacial score (nSPS) is 12.3. The number of ether oxygens (including phenoxy) is 5. The number of esters is 1. The maximum absolute atomic E-state index is 13.2. The summed E-state index contributed by atoms with van der Waals surface area (Å²) in [4.78, 5) is 29.1. The van der Waals surface area contributed by atoms with E-state index in [1.165, 1.54) is 6.07 Å². The van der Waals surface area contributed by atoms with E-state index in [1.807, 2.05) is 39.8 Å². The van der Waals surface area contributed by atoms with Crippen molar-refractivity contribution in [1.29, 1.82) is 0 Å². The average Bonchev–Trinajstić information content (AvgIpc) is 2.89. The zero-order valence-electron chi connectivity index (χ0n) is 22.5. The second-order valence-electron chi connectivity index (χ2n) is 7.96. The maximum Gasteiger partial charge on any atom is 0.344 e. The van der Waals surface area contributed by atoms with Crippen LogP contribution in [-0.2, 0) is 30.3 Å². The number of carbonyl (C=O) groups excluding carboxylic acids is 1. The number of nitrogens with zero attached hydrogens (tertiary/aromatic N) is 1. The van der Waals surface area contributed by atoms with Crippen molar-refractivity contribution in [2.24, 2.45) is 11.1 Å². The molecule has 38 heavy (non-hydrogen) atoms. The summed E-state index contributed by atoms with van der Waals surface area (Å²) in [5.41, 5.74) is 0.685. The second kappa shape index (κ2) is 19.1. The minimum absolute atomic E-state index is 0.0230. The summed E-state index contributed by atoms with van der Waals surface area (Å²) in [6, 6.07) is 1.48. The molecule has 1 N–H and O–H groups in total. The molecule has 11 heteroatoms. The topological polar surface area (TPSA) is 122 Å². The summed E-state index contributed by atoms with van der Waals surface area (Å²) < 4.78 is 27.5. The highest BCUT2D eigenvalue weighted by Crippen LogP contribution is 2.39. The van der Waals surface area contributed by atoms with Gasteiger partial charge in [-0.1, -0.05) is 42.8 Å². The number of carboxylic acid groups (broad SMARTS) is 1. The van der Waals surface area contributed by atoms with Crippen molar-refractivity contribution in [2.45, 2.75) is 47.0 Å². The molecule has 1 unspecified atom stereocenters. The fourth-order valence-corrected chi connectivity index (χ4v) is 3.17. The van der Waals surface area contributed by atoms with Crippen LogP contribution in [0.25, 0.3) is 0 Å². The van der Waals surface area contributed by atoms with Gasteiger partial charge in [-0.05, 0) is 44.2 Å². The molecule has 1 atom stereocenters. The number of rotatable bonds is 20. The Hall–Kier alpha value is -3.08. The number of oxime groups is 1. The van der Waals surface area contributed by atoms with Crippen molar-refractivity contribution in [1.82, 2.24) is 0 Å². The van der Waals surface area contributed by atoms with Crippen molar-refractivity contribution >= 4 is 29.3 Å². The minimum Gasteiger partial charge on any atom is -0.479 e. The average molecular weight is 556 g/mol. The fourth-order valence-electron chi connectivity index (χ4n) is 2.90. The highest BCUT2D eigenvalue weighted by molar-refractivity contribution is 6.33. The second-order valence-corrected chi connectivity index (χ2v) is 8.34. The zero-order chi connectivity index (χ0) is 28.3. The fraction of sp³-hybridized carbons (Fsp3) is 0.519. The van der Waals surface area contributed by atoms with E-state index in [1.54, 1.807) is 6.08 Å². The Kier molecular flexibility index (Phi) is 16.5. The van der Waals surface area contributed by atoms with Crippen molar-refractivity contribution in [3.05, 3.63) is 47.0 Å². The molecule has 0 aliphatic rings. The molecule has 0 saturated heterocycles. The smallest absolute Gasteiger partial charge is 0.344 e. The number of halogens is 1. The van der Waals surface area contributed by atoms with E-state index in [2.05, 4.69) is 11.7 Å². The van der Waals surface area contributed by atoms with Crippen LogP contribution < -0.4 is 9.47 Å². The van der Waals surface area contributed by atoms with Crippen LogP contribution in [0.4, 0.5) is 0 Å². The zero-order valence-corrected chi connectivity index (χ0v) is 23.3. The molecule has 0 bridgehead atoms. The van der Waals surface area contributed by atoms with Gasteiger partial charge >= 0.3 is 11.9 Å². The van der Waals surface area contributed by atoms with E-state index >= 15 is 0 Å². The van der Waals surface area contributed by atoms with Crippen LogP contribution >= 0.6 is 11.6 Å². The SMILES string of the molecule is C=CC(C)C/C=C/C(Cc1c(Cl)c(OCOCC)cc(OCOCC)c1C(=O)OCCC)=N\OCC(=O)O. The van der Waals surface area contributed by atoms with Gasteiger partial charge in [-0.2, -0.15) is 0 Å². The third kappa shape index (κ3) is 12.0. The van der Waals surface area contributed by atoms with Gasteiger partial charge in [0.25, 0.3) is 0 Å². The largest absolute Gasteiger partial charge is 0.479 e. The summed E-state index contributed by atoms with van der Waals surface area (Å²) in [5.74, 6) is -1.28. The lowest BCUT2D eigenvalue weighted by Crippen LogP contribution is -2.17. The first-order valence-electron chi connectivity index (χ1n) is 12.4. The Morgan fingerprint density at radius 1 is 1.13 bits per heavy atom. The molecule has 0 aliphatic heterocycles. The molecule has 1 aromatic carbocycles. The van der Waals surface area contributed by atoms with Gasteiger partial charge in [0.05, 0.1) is 17.3 Å². The predicted molar refractivity (Wildman–Crippen MR) is 144 cm³/mol. The van der Waals surface area contributed by atoms with Crippen LogP contribution in [0.3, 0.4) is 0 Å². The number of benzene rings is 1.